The molecule has 1 aromatic rings. The number of hydrogen-bond acceptors (Lipinski definition) is 6. The van der Waals surface area contributed by atoms with Crippen LogP contribution >= 0.6 is 0 Å². The fraction of sp³-hybridized carbons (Fsp3) is 0.500. The number of ether oxygens (including phenoxy) is 2. The molecular formula is C12H16O6. The van der Waals surface area contributed by atoms with Crippen molar-refractivity contribution in [2.45, 2.75) is 30.7 Å². The van der Waals surface area contributed by atoms with Crippen LogP contribution in [0.5, 0.6) is 5.75 Å². The fourth-order valence-electron chi connectivity index (χ4n) is 1.80. The third kappa shape index (κ3) is 2.63. The molecule has 6 heteroatoms. The normalized spacial score (nSPS) is 36.3. The van der Waals surface area contributed by atoms with Crippen LogP contribution in [0.3, 0.4) is 0 Å². The summed E-state index contributed by atoms with van der Waals surface area (Å²) in [4.78, 5) is 0. The van der Waals surface area contributed by atoms with E-state index in [1.54, 1.807) is 30.3 Å². The second-order valence-electron chi connectivity index (χ2n) is 4.13. The second-order valence-corrected chi connectivity index (χ2v) is 4.13. The van der Waals surface area contributed by atoms with Crippen molar-refractivity contribution in [1.82, 2.24) is 0 Å². The highest BCUT2D eigenvalue weighted by atomic mass is 16.7. The summed E-state index contributed by atoms with van der Waals surface area (Å²) in [6, 6.07) is 8.64. The summed E-state index contributed by atoms with van der Waals surface area (Å²) in [5.74, 6) is 0.460. The fourth-order valence-corrected chi connectivity index (χ4v) is 1.80. The van der Waals surface area contributed by atoms with Gasteiger partial charge in [0.1, 0.15) is 30.2 Å². The Balaban J connectivity index is 2.08. The van der Waals surface area contributed by atoms with Crippen LogP contribution in [0.4, 0.5) is 0 Å². The Morgan fingerprint density at radius 3 is 2.28 bits per heavy atom. The van der Waals surface area contributed by atoms with Crippen molar-refractivity contribution in [3.05, 3.63) is 30.3 Å². The SMILES string of the molecule is OC[C@H]1O[C@@H](Oc2ccccc2)[C@@H](O)[C@@H](O)[C@@H]1O. The van der Waals surface area contributed by atoms with E-state index in [2.05, 4.69) is 0 Å². The quantitative estimate of drug-likeness (QED) is 0.546. The number of rotatable bonds is 3. The lowest BCUT2D eigenvalue weighted by Gasteiger charge is -2.39. The minimum Gasteiger partial charge on any atom is -0.462 e. The zero-order chi connectivity index (χ0) is 13.1. The minimum absolute atomic E-state index is 0.460. The van der Waals surface area contributed by atoms with E-state index >= 15 is 0 Å². The van der Waals surface area contributed by atoms with Gasteiger partial charge in [-0.25, -0.2) is 0 Å². The van der Waals surface area contributed by atoms with E-state index in [-0.39, 0.29) is 0 Å². The molecule has 100 valence electrons. The van der Waals surface area contributed by atoms with Crippen LogP contribution in [-0.4, -0.2) is 57.7 Å². The van der Waals surface area contributed by atoms with Crippen LogP contribution in [0.2, 0.25) is 0 Å². The predicted molar refractivity (Wildman–Crippen MR) is 60.8 cm³/mol. The van der Waals surface area contributed by atoms with Gasteiger partial charge in [0, 0.05) is 0 Å². The molecule has 2 rings (SSSR count). The van der Waals surface area contributed by atoms with Gasteiger partial charge in [0.05, 0.1) is 6.61 Å². The molecule has 0 bridgehead atoms. The maximum Gasteiger partial charge on any atom is 0.229 e. The summed E-state index contributed by atoms with van der Waals surface area (Å²) in [6.45, 7) is -0.473. The van der Waals surface area contributed by atoms with Crippen LogP contribution in [-0.2, 0) is 4.74 Å². The Labute approximate surface area is 104 Å². The van der Waals surface area contributed by atoms with Crippen molar-refractivity contribution >= 4 is 0 Å². The van der Waals surface area contributed by atoms with Gasteiger partial charge < -0.3 is 29.9 Å². The third-order valence-corrected chi connectivity index (χ3v) is 2.84. The average molecular weight is 256 g/mol. The minimum atomic E-state index is -1.43. The number of aliphatic hydroxyl groups is 4. The molecule has 0 aliphatic carbocycles. The molecule has 0 saturated carbocycles. The molecule has 4 N–H and O–H groups in total. The van der Waals surface area contributed by atoms with Gasteiger partial charge in [-0.3, -0.25) is 0 Å². The largest absolute Gasteiger partial charge is 0.462 e. The van der Waals surface area contributed by atoms with Gasteiger partial charge in [0.2, 0.25) is 6.29 Å². The van der Waals surface area contributed by atoms with Gasteiger partial charge in [-0.1, -0.05) is 18.2 Å². The van der Waals surface area contributed by atoms with Gasteiger partial charge in [0.25, 0.3) is 0 Å². The Hall–Kier alpha value is -1.18. The highest BCUT2D eigenvalue weighted by molar-refractivity contribution is 5.21. The standard InChI is InChI=1S/C12H16O6/c13-6-8-9(14)10(15)11(16)12(18-8)17-7-4-2-1-3-5-7/h1-5,8-16H,6H2/t8-,9-,10+,11+,12-/m1/s1. The molecule has 0 amide bonds. The van der Waals surface area contributed by atoms with Crippen molar-refractivity contribution in [2.75, 3.05) is 6.61 Å². The number of para-hydroxylation sites is 1. The summed E-state index contributed by atoms with van der Waals surface area (Å²) in [5, 5.41) is 37.9. The molecule has 1 aliphatic rings. The van der Waals surface area contributed by atoms with Gasteiger partial charge in [0.15, 0.2) is 0 Å². The molecule has 1 fully saturated rings. The molecule has 0 radical (unpaired) electrons. The molecule has 5 atom stereocenters. The van der Waals surface area contributed by atoms with Crippen molar-refractivity contribution in [1.29, 1.82) is 0 Å². The smallest absolute Gasteiger partial charge is 0.229 e. The summed E-state index contributed by atoms with van der Waals surface area (Å²) in [6.07, 6.45) is -6.28. The zero-order valence-electron chi connectivity index (χ0n) is 9.59. The maximum atomic E-state index is 9.74. The van der Waals surface area contributed by atoms with E-state index in [0.717, 1.165) is 0 Å². The Bertz CT molecular complexity index is 368. The summed E-state index contributed by atoms with van der Waals surface area (Å²) >= 11 is 0. The van der Waals surface area contributed by atoms with E-state index in [4.69, 9.17) is 14.6 Å². The monoisotopic (exact) mass is 256 g/mol. The molecule has 1 aromatic carbocycles. The van der Waals surface area contributed by atoms with Crippen LogP contribution < -0.4 is 4.74 Å². The van der Waals surface area contributed by atoms with Gasteiger partial charge >= 0.3 is 0 Å². The van der Waals surface area contributed by atoms with Gasteiger partial charge in [-0.15, -0.1) is 0 Å². The number of hydrogen-bond donors (Lipinski definition) is 4. The molecule has 1 saturated heterocycles. The zero-order valence-corrected chi connectivity index (χ0v) is 9.59. The first-order valence-corrected chi connectivity index (χ1v) is 5.65. The molecule has 6 nitrogen and oxygen atoms in total. The van der Waals surface area contributed by atoms with E-state index < -0.39 is 37.3 Å². The first kappa shape index (κ1) is 13.3. The van der Waals surface area contributed by atoms with Crippen LogP contribution in [0, 0.1) is 0 Å². The lowest BCUT2D eigenvalue weighted by molar-refractivity contribution is -0.277. The molecule has 0 unspecified atom stereocenters. The highest BCUT2D eigenvalue weighted by Gasteiger charge is 2.44. The molecular weight excluding hydrogens is 240 g/mol. The first-order valence-electron chi connectivity index (χ1n) is 5.65. The number of aliphatic hydroxyl groups excluding tert-OH is 4. The molecule has 0 aromatic heterocycles. The first-order chi connectivity index (χ1) is 8.63. The lowest BCUT2D eigenvalue weighted by atomic mass is 9.99. The van der Waals surface area contributed by atoms with Gasteiger partial charge in [-0.05, 0) is 12.1 Å². The molecule has 18 heavy (non-hydrogen) atoms. The Morgan fingerprint density at radius 1 is 1.00 bits per heavy atom. The van der Waals surface area contributed by atoms with E-state index in [9.17, 15) is 15.3 Å². The van der Waals surface area contributed by atoms with E-state index in [1.165, 1.54) is 0 Å². The van der Waals surface area contributed by atoms with Crippen molar-refractivity contribution in [2.24, 2.45) is 0 Å². The topological polar surface area (TPSA) is 99.4 Å². The molecule has 1 aliphatic heterocycles. The third-order valence-electron chi connectivity index (χ3n) is 2.84. The second kappa shape index (κ2) is 5.64. The summed E-state index contributed by atoms with van der Waals surface area (Å²) in [5.41, 5.74) is 0. The Kier molecular flexibility index (Phi) is 4.15. The highest BCUT2D eigenvalue weighted by Crippen LogP contribution is 2.23. The molecule has 1 heterocycles. The summed E-state index contributed by atoms with van der Waals surface area (Å²) in [7, 11) is 0. The van der Waals surface area contributed by atoms with Gasteiger partial charge in [-0.2, -0.15) is 0 Å². The van der Waals surface area contributed by atoms with Crippen LogP contribution in [0.15, 0.2) is 30.3 Å². The van der Waals surface area contributed by atoms with E-state index in [0.29, 0.717) is 5.75 Å². The average Bonchev–Trinajstić information content (AvgIpc) is 2.40. The van der Waals surface area contributed by atoms with Crippen molar-refractivity contribution < 1.29 is 29.9 Å². The molecule has 0 spiro atoms. The summed E-state index contributed by atoms with van der Waals surface area (Å²) < 4.78 is 10.6. The van der Waals surface area contributed by atoms with Crippen LogP contribution in [0.25, 0.3) is 0 Å². The predicted octanol–water partition coefficient (Wildman–Crippen LogP) is -1.13. The van der Waals surface area contributed by atoms with E-state index in [1.807, 2.05) is 0 Å². The van der Waals surface area contributed by atoms with Crippen molar-refractivity contribution in [3.8, 4) is 5.75 Å². The lowest BCUT2D eigenvalue weighted by Crippen LogP contribution is -2.60. The van der Waals surface area contributed by atoms with Crippen molar-refractivity contribution in [3.63, 3.8) is 0 Å². The maximum absolute atomic E-state index is 9.74. The Morgan fingerprint density at radius 2 is 1.67 bits per heavy atom. The van der Waals surface area contributed by atoms with Crippen LogP contribution in [0.1, 0.15) is 0 Å². The number of benzene rings is 1.